The van der Waals surface area contributed by atoms with E-state index in [0.717, 1.165) is 51.6 Å². The van der Waals surface area contributed by atoms with Crippen molar-refractivity contribution in [3.8, 4) is 0 Å². The minimum absolute atomic E-state index is 0.415. The zero-order chi connectivity index (χ0) is 12.9. The van der Waals surface area contributed by atoms with Crippen LogP contribution in [0.15, 0.2) is 0 Å². The summed E-state index contributed by atoms with van der Waals surface area (Å²) in [5, 5.41) is 7.17. The first-order valence-electron chi connectivity index (χ1n) is 6.49. The van der Waals surface area contributed by atoms with E-state index in [2.05, 4.69) is 43.1 Å². The summed E-state index contributed by atoms with van der Waals surface area (Å²) >= 11 is 4.14. The Morgan fingerprint density at radius 1 is 1.12 bits per heavy atom. The van der Waals surface area contributed by atoms with Crippen molar-refractivity contribution in [2.24, 2.45) is 5.92 Å². The highest BCUT2D eigenvalue weighted by atomic mass is 33.1. The summed E-state index contributed by atoms with van der Waals surface area (Å²) in [7, 11) is 1.54. The molecule has 0 aromatic heterocycles. The molecule has 0 aliphatic rings. The topological polar surface area (TPSA) is 33.3 Å². The molecule has 0 aromatic carbocycles. The SMILES string of the molecule is CC(C)CNCCCOCCCNC(C)SS. The van der Waals surface area contributed by atoms with Crippen molar-refractivity contribution in [1.29, 1.82) is 0 Å². The first-order chi connectivity index (χ1) is 8.16. The molecule has 3 nitrogen and oxygen atoms in total. The molecule has 5 heteroatoms. The Hall–Kier alpha value is 0.580. The molecule has 0 aromatic rings. The number of hydrogen-bond acceptors (Lipinski definition) is 5. The van der Waals surface area contributed by atoms with E-state index in [1.54, 1.807) is 0 Å². The van der Waals surface area contributed by atoms with Crippen molar-refractivity contribution < 1.29 is 4.74 Å². The van der Waals surface area contributed by atoms with Crippen LogP contribution in [-0.4, -0.2) is 38.2 Å². The van der Waals surface area contributed by atoms with Gasteiger partial charge in [-0.2, -0.15) is 0 Å². The Morgan fingerprint density at radius 3 is 2.35 bits per heavy atom. The number of rotatable bonds is 12. The van der Waals surface area contributed by atoms with Gasteiger partial charge in [-0.15, -0.1) is 11.7 Å². The molecule has 0 spiro atoms. The van der Waals surface area contributed by atoms with Gasteiger partial charge in [0.1, 0.15) is 0 Å². The average Bonchev–Trinajstić information content (AvgIpc) is 2.30. The van der Waals surface area contributed by atoms with Crippen LogP contribution in [0.2, 0.25) is 0 Å². The number of nitrogens with one attached hydrogen (secondary N) is 2. The van der Waals surface area contributed by atoms with Crippen LogP contribution in [0.4, 0.5) is 0 Å². The van der Waals surface area contributed by atoms with Crippen LogP contribution in [0.3, 0.4) is 0 Å². The molecule has 0 amide bonds. The summed E-state index contributed by atoms with van der Waals surface area (Å²) in [6.07, 6.45) is 2.17. The largest absolute Gasteiger partial charge is 0.381 e. The molecule has 0 rings (SSSR count). The fraction of sp³-hybridized carbons (Fsp3) is 1.00. The van der Waals surface area contributed by atoms with Gasteiger partial charge in [0.2, 0.25) is 0 Å². The van der Waals surface area contributed by atoms with E-state index in [9.17, 15) is 0 Å². The molecule has 0 fully saturated rings. The smallest absolute Gasteiger partial charge is 0.0605 e. The van der Waals surface area contributed by atoms with Gasteiger partial charge < -0.3 is 15.4 Å². The van der Waals surface area contributed by atoms with Crippen LogP contribution in [0.25, 0.3) is 0 Å². The van der Waals surface area contributed by atoms with E-state index in [4.69, 9.17) is 4.74 Å². The van der Waals surface area contributed by atoms with Crippen molar-refractivity contribution in [1.82, 2.24) is 10.6 Å². The molecule has 2 N–H and O–H groups in total. The zero-order valence-electron chi connectivity index (χ0n) is 11.4. The maximum Gasteiger partial charge on any atom is 0.0605 e. The van der Waals surface area contributed by atoms with Crippen molar-refractivity contribution in [3.05, 3.63) is 0 Å². The zero-order valence-corrected chi connectivity index (χ0v) is 13.1. The third kappa shape index (κ3) is 14.5. The lowest BCUT2D eigenvalue weighted by Gasteiger charge is -2.10. The predicted molar refractivity (Wildman–Crippen MR) is 81.8 cm³/mol. The summed E-state index contributed by atoms with van der Waals surface area (Å²) < 4.78 is 5.55. The van der Waals surface area contributed by atoms with Gasteiger partial charge in [-0.25, -0.2) is 0 Å². The third-order valence-electron chi connectivity index (χ3n) is 2.25. The molecule has 0 saturated carbocycles. The van der Waals surface area contributed by atoms with Gasteiger partial charge in [-0.05, 0) is 45.3 Å². The second kappa shape index (κ2) is 13.0. The monoisotopic (exact) mass is 280 g/mol. The van der Waals surface area contributed by atoms with E-state index >= 15 is 0 Å². The third-order valence-corrected chi connectivity index (χ3v) is 3.68. The Balaban J connectivity index is 2.99. The van der Waals surface area contributed by atoms with Gasteiger partial charge in [0, 0.05) is 13.2 Å². The fourth-order valence-corrected chi connectivity index (χ4v) is 1.72. The van der Waals surface area contributed by atoms with E-state index in [-0.39, 0.29) is 0 Å². The highest BCUT2D eigenvalue weighted by Crippen LogP contribution is 2.10. The van der Waals surface area contributed by atoms with Crippen LogP contribution in [0.1, 0.15) is 33.6 Å². The maximum atomic E-state index is 5.55. The molecular weight excluding hydrogens is 252 g/mol. The van der Waals surface area contributed by atoms with Crippen molar-refractivity contribution in [3.63, 3.8) is 0 Å². The second-order valence-corrected chi connectivity index (χ2v) is 6.17. The molecular formula is C12H28N2OS2. The van der Waals surface area contributed by atoms with Gasteiger partial charge >= 0.3 is 0 Å². The highest BCUT2D eigenvalue weighted by Gasteiger charge is 1.97. The maximum absolute atomic E-state index is 5.55. The van der Waals surface area contributed by atoms with Crippen LogP contribution >= 0.6 is 22.5 Å². The summed E-state index contributed by atoms with van der Waals surface area (Å²) in [6, 6.07) is 0. The molecule has 0 saturated heterocycles. The second-order valence-electron chi connectivity index (χ2n) is 4.62. The minimum atomic E-state index is 0.415. The predicted octanol–water partition coefficient (Wildman–Crippen LogP) is 2.54. The Morgan fingerprint density at radius 2 is 1.76 bits per heavy atom. The molecule has 0 bridgehead atoms. The number of ether oxygens (including phenoxy) is 1. The Labute approximate surface area is 116 Å². The van der Waals surface area contributed by atoms with Gasteiger partial charge in [-0.1, -0.05) is 24.6 Å². The first-order valence-corrected chi connectivity index (χ1v) is 8.42. The van der Waals surface area contributed by atoms with E-state index in [0.29, 0.717) is 5.37 Å². The lowest BCUT2D eigenvalue weighted by molar-refractivity contribution is 0.129. The van der Waals surface area contributed by atoms with Crippen LogP contribution in [0, 0.1) is 5.92 Å². The number of hydrogen-bond donors (Lipinski definition) is 3. The molecule has 104 valence electrons. The molecule has 0 aliphatic carbocycles. The number of thiol groups is 1. The molecule has 1 unspecified atom stereocenters. The molecule has 17 heavy (non-hydrogen) atoms. The van der Waals surface area contributed by atoms with Gasteiger partial charge in [0.05, 0.1) is 5.37 Å². The lowest BCUT2D eigenvalue weighted by Crippen LogP contribution is -2.24. The summed E-state index contributed by atoms with van der Waals surface area (Å²) in [5.41, 5.74) is 0. The molecule has 0 radical (unpaired) electrons. The molecule has 1 atom stereocenters. The van der Waals surface area contributed by atoms with E-state index in [1.165, 1.54) is 10.8 Å². The summed E-state index contributed by atoms with van der Waals surface area (Å²) in [4.78, 5) is 0. The minimum Gasteiger partial charge on any atom is -0.381 e. The molecule has 0 heterocycles. The normalized spacial score (nSPS) is 13.2. The fourth-order valence-electron chi connectivity index (χ4n) is 1.31. The van der Waals surface area contributed by atoms with Crippen LogP contribution in [0.5, 0.6) is 0 Å². The standard InChI is InChI=1S/C12H28N2OS2/c1-11(2)10-13-6-4-8-15-9-5-7-14-12(3)17-16/h11-14,16H,4-10H2,1-3H3. The van der Waals surface area contributed by atoms with Gasteiger partial charge in [0.15, 0.2) is 0 Å². The van der Waals surface area contributed by atoms with E-state index in [1.807, 2.05) is 0 Å². The summed E-state index contributed by atoms with van der Waals surface area (Å²) in [6.45, 7) is 11.4. The van der Waals surface area contributed by atoms with E-state index < -0.39 is 0 Å². The Bertz CT molecular complexity index is 159. The summed E-state index contributed by atoms with van der Waals surface area (Å²) in [5.74, 6) is 0.730. The quantitative estimate of drug-likeness (QED) is 0.222. The molecule has 0 aliphatic heterocycles. The first kappa shape index (κ1) is 17.6. The van der Waals surface area contributed by atoms with Gasteiger partial charge in [-0.3, -0.25) is 0 Å². The lowest BCUT2D eigenvalue weighted by atomic mass is 10.2. The van der Waals surface area contributed by atoms with Crippen molar-refractivity contribution in [2.75, 3.05) is 32.8 Å². The highest BCUT2D eigenvalue weighted by molar-refractivity contribution is 8.68. The van der Waals surface area contributed by atoms with Gasteiger partial charge in [0.25, 0.3) is 0 Å². The van der Waals surface area contributed by atoms with Crippen LogP contribution < -0.4 is 10.6 Å². The Kier molecular flexibility index (Phi) is 13.5. The van der Waals surface area contributed by atoms with Crippen molar-refractivity contribution >= 4 is 22.5 Å². The van der Waals surface area contributed by atoms with Crippen molar-refractivity contribution in [2.45, 2.75) is 39.0 Å². The average molecular weight is 281 g/mol. The van der Waals surface area contributed by atoms with Crippen LogP contribution in [-0.2, 0) is 4.74 Å².